The molecule has 3 unspecified atom stereocenters. The number of aryl methyl sites for hydroxylation is 1. The summed E-state index contributed by atoms with van der Waals surface area (Å²) in [7, 11) is 0. The largest absolute Gasteiger partial charge is 0.381 e. The van der Waals surface area contributed by atoms with Crippen LogP contribution in [0.1, 0.15) is 57.7 Å². The average Bonchev–Trinajstić information content (AvgIpc) is 3.16. The minimum absolute atomic E-state index is 0.228. The smallest absolute Gasteiger partial charge is 0.254 e. The molecule has 7 nitrogen and oxygen atoms in total. The lowest BCUT2D eigenvalue weighted by Crippen LogP contribution is -2.58. The zero-order valence-corrected chi connectivity index (χ0v) is 24.1. The zero-order valence-electron chi connectivity index (χ0n) is 23.3. The van der Waals surface area contributed by atoms with Crippen LogP contribution in [0, 0.1) is 12.3 Å². The van der Waals surface area contributed by atoms with Crippen LogP contribution < -0.4 is 10.6 Å². The molecule has 1 fully saturated rings. The number of nitrogens with zero attached hydrogens (tertiary/aromatic N) is 1. The summed E-state index contributed by atoms with van der Waals surface area (Å²) >= 11 is 1.50. The third-order valence-electron chi connectivity index (χ3n) is 6.76. The second kappa shape index (κ2) is 12.3. The van der Waals surface area contributed by atoms with Crippen LogP contribution in [-0.4, -0.2) is 56.5 Å². The van der Waals surface area contributed by atoms with E-state index in [4.69, 9.17) is 0 Å². The summed E-state index contributed by atoms with van der Waals surface area (Å²) in [5, 5.41) is 17.2. The molecule has 1 heterocycles. The van der Waals surface area contributed by atoms with Crippen molar-refractivity contribution in [3.8, 4) is 0 Å². The average molecular weight is 540 g/mol. The van der Waals surface area contributed by atoms with Crippen LogP contribution in [0.25, 0.3) is 0 Å². The van der Waals surface area contributed by atoms with Gasteiger partial charge in [-0.3, -0.25) is 14.4 Å². The summed E-state index contributed by atoms with van der Waals surface area (Å²) in [5.41, 5.74) is 2.73. The molecule has 1 aliphatic rings. The Morgan fingerprint density at radius 2 is 1.71 bits per heavy atom. The number of carbonyl (C=O) groups is 3. The van der Waals surface area contributed by atoms with Crippen LogP contribution in [-0.2, 0) is 27.3 Å². The molecule has 38 heavy (non-hydrogen) atoms. The molecular formula is C30H41N3O4S. The van der Waals surface area contributed by atoms with Gasteiger partial charge >= 0.3 is 0 Å². The Labute approximate surface area is 230 Å². The molecule has 3 atom stereocenters. The molecule has 0 radical (unpaired) electrons. The third kappa shape index (κ3) is 7.84. The summed E-state index contributed by atoms with van der Waals surface area (Å²) in [5.74, 6) is -0.774. The number of carbonyl (C=O) groups excluding carboxylic acids is 3. The van der Waals surface area contributed by atoms with Gasteiger partial charge in [0.25, 0.3) is 5.91 Å². The lowest BCUT2D eigenvalue weighted by molar-refractivity contribution is -0.147. The molecule has 1 saturated heterocycles. The number of hydrogen-bond acceptors (Lipinski definition) is 5. The summed E-state index contributed by atoms with van der Waals surface area (Å²) in [6, 6.07) is 15.7. The molecule has 2 aromatic rings. The van der Waals surface area contributed by atoms with Gasteiger partial charge in [0.1, 0.15) is 6.04 Å². The van der Waals surface area contributed by atoms with Crippen LogP contribution in [0.4, 0.5) is 0 Å². The molecule has 0 bridgehead atoms. The highest BCUT2D eigenvalue weighted by Gasteiger charge is 2.49. The Kier molecular flexibility index (Phi) is 9.65. The van der Waals surface area contributed by atoms with E-state index in [0.29, 0.717) is 6.54 Å². The molecular weight excluding hydrogens is 498 g/mol. The minimum atomic E-state index is -1.50. The molecule has 206 valence electrons. The van der Waals surface area contributed by atoms with Crippen molar-refractivity contribution in [2.75, 3.05) is 5.88 Å². The van der Waals surface area contributed by atoms with Crippen molar-refractivity contribution in [1.29, 1.82) is 0 Å². The van der Waals surface area contributed by atoms with Gasteiger partial charge in [-0.15, -0.1) is 11.8 Å². The molecule has 0 saturated carbocycles. The molecule has 0 aliphatic carbocycles. The second-order valence-electron chi connectivity index (χ2n) is 11.8. The van der Waals surface area contributed by atoms with Gasteiger partial charge in [0.05, 0.1) is 11.9 Å². The Hall–Kier alpha value is -2.84. The number of thioether (sulfide) groups is 1. The van der Waals surface area contributed by atoms with Crippen LogP contribution in [0.5, 0.6) is 0 Å². The molecule has 3 rings (SSSR count). The maximum atomic E-state index is 13.7. The highest BCUT2D eigenvalue weighted by Crippen LogP contribution is 2.40. The van der Waals surface area contributed by atoms with Gasteiger partial charge in [-0.05, 0) is 49.3 Å². The number of hydrogen-bond donors (Lipinski definition) is 3. The fourth-order valence-electron chi connectivity index (χ4n) is 4.69. The number of aliphatic hydroxyl groups is 1. The van der Waals surface area contributed by atoms with Crippen LogP contribution >= 0.6 is 11.8 Å². The van der Waals surface area contributed by atoms with E-state index in [0.717, 1.165) is 16.7 Å². The van der Waals surface area contributed by atoms with Gasteiger partial charge in [0.15, 0.2) is 6.10 Å². The van der Waals surface area contributed by atoms with E-state index in [-0.39, 0.29) is 35.9 Å². The highest BCUT2D eigenvalue weighted by molar-refractivity contribution is 8.00. The maximum absolute atomic E-state index is 13.7. The lowest BCUT2D eigenvalue weighted by atomic mass is 9.91. The fraction of sp³-hybridized carbons (Fsp3) is 0.500. The molecule has 3 N–H and O–H groups in total. The van der Waals surface area contributed by atoms with E-state index in [1.165, 1.54) is 16.7 Å². The van der Waals surface area contributed by atoms with E-state index >= 15 is 0 Å². The van der Waals surface area contributed by atoms with Crippen molar-refractivity contribution in [3.05, 3.63) is 71.3 Å². The number of aliphatic hydroxyl groups excluding tert-OH is 1. The molecule has 3 amide bonds. The van der Waals surface area contributed by atoms with E-state index in [2.05, 4.69) is 10.6 Å². The summed E-state index contributed by atoms with van der Waals surface area (Å²) in [6.07, 6.45) is -0.950. The SMILES string of the molecule is Cc1ccccc1CNC(=O)C1N(C(=O)C(O)C(Cc2ccccc2)NC(=O)CC(C)(C)C)CSC1(C)C. The number of benzene rings is 2. The van der Waals surface area contributed by atoms with Crippen molar-refractivity contribution < 1.29 is 19.5 Å². The molecule has 1 aliphatic heterocycles. The first-order chi connectivity index (χ1) is 17.8. The zero-order chi connectivity index (χ0) is 28.1. The monoisotopic (exact) mass is 539 g/mol. The van der Waals surface area contributed by atoms with Crippen LogP contribution in [0.2, 0.25) is 0 Å². The first-order valence-electron chi connectivity index (χ1n) is 13.1. The summed E-state index contributed by atoms with van der Waals surface area (Å²) in [4.78, 5) is 41.4. The first kappa shape index (κ1) is 29.7. The lowest BCUT2D eigenvalue weighted by Gasteiger charge is -2.33. The molecule has 0 spiro atoms. The van der Waals surface area contributed by atoms with Crippen molar-refractivity contribution in [2.45, 2.75) is 83.9 Å². The van der Waals surface area contributed by atoms with E-state index < -0.39 is 28.8 Å². The Morgan fingerprint density at radius 3 is 2.34 bits per heavy atom. The summed E-state index contributed by atoms with van der Waals surface area (Å²) in [6.45, 7) is 12.1. The quantitative estimate of drug-likeness (QED) is 0.450. The van der Waals surface area contributed by atoms with Gasteiger partial charge < -0.3 is 20.6 Å². The van der Waals surface area contributed by atoms with Gasteiger partial charge in [0.2, 0.25) is 11.8 Å². The van der Waals surface area contributed by atoms with E-state index in [1.54, 1.807) is 0 Å². The maximum Gasteiger partial charge on any atom is 0.254 e. The van der Waals surface area contributed by atoms with Crippen molar-refractivity contribution >= 4 is 29.5 Å². The first-order valence-corrected chi connectivity index (χ1v) is 14.0. The highest BCUT2D eigenvalue weighted by atomic mass is 32.2. The van der Waals surface area contributed by atoms with Gasteiger partial charge in [0, 0.05) is 17.7 Å². The molecule has 2 aromatic carbocycles. The van der Waals surface area contributed by atoms with Gasteiger partial charge in [-0.1, -0.05) is 75.4 Å². The van der Waals surface area contributed by atoms with E-state index in [1.807, 2.05) is 96.1 Å². The van der Waals surface area contributed by atoms with Gasteiger partial charge in [-0.25, -0.2) is 0 Å². The number of amides is 3. The second-order valence-corrected chi connectivity index (χ2v) is 13.4. The fourth-order valence-corrected chi connectivity index (χ4v) is 5.83. The van der Waals surface area contributed by atoms with Crippen molar-refractivity contribution in [1.82, 2.24) is 15.5 Å². The predicted octanol–water partition coefficient (Wildman–Crippen LogP) is 3.82. The Bertz CT molecular complexity index is 1130. The standard InChI is InChI=1S/C30H41N3O4S/c1-20-12-10-11-15-22(20)18-31-27(36)26-30(5,6)38-19-33(26)28(37)25(35)23(16-21-13-8-7-9-14-21)32-24(34)17-29(2,3)4/h7-15,23,25-26,35H,16-19H2,1-6H3,(H,31,36)(H,32,34). The number of rotatable bonds is 9. The van der Waals surface area contributed by atoms with Crippen LogP contribution in [0.3, 0.4) is 0 Å². The third-order valence-corrected chi connectivity index (χ3v) is 8.14. The minimum Gasteiger partial charge on any atom is -0.381 e. The topological polar surface area (TPSA) is 98.7 Å². The van der Waals surface area contributed by atoms with Crippen molar-refractivity contribution in [2.24, 2.45) is 5.41 Å². The van der Waals surface area contributed by atoms with E-state index in [9.17, 15) is 19.5 Å². The van der Waals surface area contributed by atoms with Crippen LogP contribution in [0.15, 0.2) is 54.6 Å². The van der Waals surface area contributed by atoms with Gasteiger partial charge in [-0.2, -0.15) is 0 Å². The normalized spacial score (nSPS) is 18.5. The Morgan fingerprint density at radius 1 is 1.08 bits per heavy atom. The van der Waals surface area contributed by atoms with Crippen molar-refractivity contribution in [3.63, 3.8) is 0 Å². The Balaban J connectivity index is 1.79. The molecule has 0 aromatic heterocycles. The summed E-state index contributed by atoms with van der Waals surface area (Å²) < 4.78 is -0.546. The predicted molar refractivity (Wildman–Crippen MR) is 152 cm³/mol. The number of nitrogens with one attached hydrogen (secondary N) is 2. The molecule has 8 heteroatoms.